The van der Waals surface area contributed by atoms with Crippen molar-refractivity contribution in [3.63, 3.8) is 0 Å². The monoisotopic (exact) mass is 482 g/mol. The standard InChI is InChI=1S/C23H18ClN3S.BrH/c1-17(18-12-14-20(24)15-13-18)25-26-23-27(21-10-6-3-7-11-21)22(16-28-23)19-8-4-2-5-9-19;/h2-16H,1H3;1H/p-1/b25-17-,26-23+;. The van der Waals surface area contributed by atoms with Gasteiger partial charge in [0.05, 0.1) is 11.4 Å². The molecular formula is C23H18BrClN3S-. The van der Waals surface area contributed by atoms with E-state index >= 15 is 0 Å². The first kappa shape index (κ1) is 21.2. The SMILES string of the molecule is C/C(=N/N=c1/scc(-c2ccccc2)n1-c1ccccc1)c1ccc(Cl)cc1.[Br-]. The lowest BCUT2D eigenvalue weighted by Crippen LogP contribution is -3.00. The summed E-state index contributed by atoms with van der Waals surface area (Å²) in [5.41, 5.74) is 5.13. The van der Waals surface area contributed by atoms with Crippen LogP contribution in [0.3, 0.4) is 0 Å². The van der Waals surface area contributed by atoms with Crippen molar-refractivity contribution >= 4 is 28.6 Å². The summed E-state index contributed by atoms with van der Waals surface area (Å²) in [4.78, 5) is 0.818. The fourth-order valence-corrected chi connectivity index (χ4v) is 3.87. The molecule has 3 nitrogen and oxygen atoms in total. The van der Waals surface area contributed by atoms with E-state index in [0.29, 0.717) is 5.02 Å². The number of para-hydroxylation sites is 1. The van der Waals surface area contributed by atoms with E-state index in [4.69, 9.17) is 11.6 Å². The van der Waals surface area contributed by atoms with Crippen molar-refractivity contribution in [3.8, 4) is 16.9 Å². The Morgan fingerprint density at radius 2 is 1.48 bits per heavy atom. The Labute approximate surface area is 189 Å². The number of nitrogens with zero attached hydrogens (tertiary/aromatic N) is 3. The highest BCUT2D eigenvalue weighted by molar-refractivity contribution is 7.07. The highest BCUT2D eigenvalue weighted by Gasteiger charge is 2.09. The lowest BCUT2D eigenvalue weighted by molar-refractivity contribution is -0.00000547. The average molecular weight is 484 g/mol. The van der Waals surface area contributed by atoms with Crippen LogP contribution in [0.25, 0.3) is 16.9 Å². The molecule has 1 heterocycles. The van der Waals surface area contributed by atoms with Crippen LogP contribution in [-0.4, -0.2) is 10.3 Å². The third-order valence-corrected chi connectivity index (χ3v) is 5.41. The normalized spacial score (nSPS) is 11.9. The molecule has 29 heavy (non-hydrogen) atoms. The minimum atomic E-state index is 0. The van der Waals surface area contributed by atoms with E-state index in [-0.39, 0.29) is 17.0 Å². The van der Waals surface area contributed by atoms with Crippen molar-refractivity contribution in [1.29, 1.82) is 0 Å². The maximum Gasteiger partial charge on any atom is 0.215 e. The number of hydrogen-bond donors (Lipinski definition) is 0. The molecule has 0 N–H and O–H groups in total. The van der Waals surface area contributed by atoms with Crippen LogP contribution in [0.5, 0.6) is 0 Å². The van der Waals surface area contributed by atoms with Gasteiger partial charge in [0, 0.05) is 16.1 Å². The summed E-state index contributed by atoms with van der Waals surface area (Å²) in [6.45, 7) is 1.95. The van der Waals surface area contributed by atoms with Crippen molar-refractivity contribution in [2.75, 3.05) is 0 Å². The van der Waals surface area contributed by atoms with E-state index in [1.165, 1.54) is 0 Å². The van der Waals surface area contributed by atoms with Crippen LogP contribution >= 0.6 is 22.9 Å². The summed E-state index contributed by atoms with van der Waals surface area (Å²) in [6, 6.07) is 28.2. The molecule has 1 aromatic heterocycles. The van der Waals surface area contributed by atoms with Gasteiger partial charge < -0.3 is 17.0 Å². The smallest absolute Gasteiger partial charge is 0.215 e. The molecule has 0 amide bonds. The van der Waals surface area contributed by atoms with Crippen LogP contribution in [0.4, 0.5) is 0 Å². The number of benzene rings is 3. The minimum absolute atomic E-state index is 0. The van der Waals surface area contributed by atoms with Crippen molar-refractivity contribution in [1.82, 2.24) is 4.57 Å². The molecule has 146 valence electrons. The van der Waals surface area contributed by atoms with E-state index < -0.39 is 0 Å². The molecule has 4 rings (SSSR count). The second kappa shape index (κ2) is 9.83. The van der Waals surface area contributed by atoms with E-state index in [9.17, 15) is 0 Å². The molecule has 4 aromatic rings. The Morgan fingerprint density at radius 3 is 2.14 bits per heavy atom. The van der Waals surface area contributed by atoms with E-state index in [2.05, 4.69) is 44.4 Å². The predicted molar refractivity (Wildman–Crippen MR) is 118 cm³/mol. The minimum Gasteiger partial charge on any atom is -1.00 e. The predicted octanol–water partition coefficient (Wildman–Crippen LogP) is 3.19. The molecule has 0 saturated heterocycles. The Bertz CT molecular complexity index is 1160. The molecule has 0 spiro atoms. The van der Waals surface area contributed by atoms with Gasteiger partial charge in [-0.15, -0.1) is 16.4 Å². The van der Waals surface area contributed by atoms with Crippen molar-refractivity contribution in [2.24, 2.45) is 10.2 Å². The molecule has 0 aliphatic rings. The molecule has 0 saturated carbocycles. The average Bonchev–Trinajstić information content (AvgIpc) is 3.18. The first-order valence-corrected chi connectivity index (χ1v) is 10.1. The molecule has 0 aliphatic heterocycles. The maximum absolute atomic E-state index is 5.97. The van der Waals surface area contributed by atoms with Gasteiger partial charge in [-0.3, -0.25) is 4.57 Å². The topological polar surface area (TPSA) is 29.6 Å². The molecule has 6 heteroatoms. The fraction of sp³-hybridized carbons (Fsp3) is 0.0435. The second-order valence-corrected chi connectivity index (χ2v) is 7.51. The summed E-state index contributed by atoms with van der Waals surface area (Å²) in [5.74, 6) is 0. The summed E-state index contributed by atoms with van der Waals surface area (Å²) in [6.07, 6.45) is 0. The summed E-state index contributed by atoms with van der Waals surface area (Å²) >= 11 is 7.55. The van der Waals surface area contributed by atoms with Gasteiger partial charge in [0.25, 0.3) is 0 Å². The van der Waals surface area contributed by atoms with Crippen molar-refractivity contribution in [3.05, 3.63) is 106 Å². The van der Waals surface area contributed by atoms with Crippen LogP contribution in [0, 0.1) is 0 Å². The first-order valence-electron chi connectivity index (χ1n) is 8.88. The van der Waals surface area contributed by atoms with Gasteiger partial charge in [-0.2, -0.15) is 5.10 Å². The zero-order chi connectivity index (χ0) is 19.3. The van der Waals surface area contributed by atoms with Gasteiger partial charge in [-0.25, -0.2) is 0 Å². The number of aromatic nitrogens is 1. The maximum atomic E-state index is 5.97. The van der Waals surface area contributed by atoms with Crippen molar-refractivity contribution in [2.45, 2.75) is 6.92 Å². The Morgan fingerprint density at radius 1 is 0.862 bits per heavy atom. The van der Waals surface area contributed by atoms with E-state index in [0.717, 1.165) is 33.0 Å². The Kier molecular flexibility index (Phi) is 7.20. The molecule has 0 radical (unpaired) electrons. The zero-order valence-corrected chi connectivity index (χ0v) is 18.8. The van der Waals surface area contributed by atoms with E-state index in [1.807, 2.05) is 67.6 Å². The lowest BCUT2D eigenvalue weighted by atomic mass is 10.1. The third-order valence-electron chi connectivity index (χ3n) is 4.34. The molecule has 0 fully saturated rings. The fourth-order valence-electron chi connectivity index (χ4n) is 2.88. The number of hydrogen-bond acceptors (Lipinski definition) is 3. The molecular weight excluding hydrogens is 466 g/mol. The molecule has 0 atom stereocenters. The highest BCUT2D eigenvalue weighted by atomic mass is 79.9. The lowest BCUT2D eigenvalue weighted by Gasteiger charge is -2.08. The van der Waals surface area contributed by atoms with Gasteiger partial charge in [0.2, 0.25) is 4.80 Å². The molecule has 0 aliphatic carbocycles. The zero-order valence-electron chi connectivity index (χ0n) is 15.7. The van der Waals surface area contributed by atoms with Gasteiger partial charge in [-0.05, 0) is 42.3 Å². The number of rotatable bonds is 4. The van der Waals surface area contributed by atoms with Crippen LogP contribution in [0.15, 0.2) is 101 Å². The first-order chi connectivity index (χ1) is 13.7. The largest absolute Gasteiger partial charge is 1.00 e. The van der Waals surface area contributed by atoms with Crippen LogP contribution in [-0.2, 0) is 0 Å². The highest BCUT2D eigenvalue weighted by Crippen LogP contribution is 2.23. The molecule has 3 aromatic carbocycles. The Balaban J connectivity index is 0.00000240. The number of thiazole rings is 1. The van der Waals surface area contributed by atoms with Gasteiger partial charge in [0.15, 0.2) is 0 Å². The second-order valence-electron chi connectivity index (χ2n) is 6.23. The summed E-state index contributed by atoms with van der Waals surface area (Å²) in [5, 5.41) is 11.9. The van der Waals surface area contributed by atoms with Gasteiger partial charge >= 0.3 is 0 Å². The Hall–Kier alpha value is -2.47. The van der Waals surface area contributed by atoms with Crippen LogP contribution < -0.4 is 21.8 Å². The molecule has 0 bridgehead atoms. The van der Waals surface area contributed by atoms with Gasteiger partial charge in [-0.1, -0.05) is 72.3 Å². The van der Waals surface area contributed by atoms with Crippen LogP contribution in [0.1, 0.15) is 12.5 Å². The van der Waals surface area contributed by atoms with Crippen LogP contribution in [0.2, 0.25) is 5.02 Å². The third kappa shape index (κ3) is 4.93. The van der Waals surface area contributed by atoms with Gasteiger partial charge in [0.1, 0.15) is 0 Å². The quantitative estimate of drug-likeness (QED) is 0.315. The summed E-state index contributed by atoms with van der Waals surface area (Å²) in [7, 11) is 0. The number of halogens is 2. The van der Waals surface area contributed by atoms with Crippen molar-refractivity contribution < 1.29 is 17.0 Å². The molecule has 0 unspecified atom stereocenters. The summed E-state index contributed by atoms with van der Waals surface area (Å²) < 4.78 is 2.14. The van der Waals surface area contributed by atoms with E-state index in [1.54, 1.807) is 11.3 Å².